The van der Waals surface area contributed by atoms with E-state index in [1.807, 2.05) is 30.3 Å². The molecule has 0 N–H and O–H groups in total. The van der Waals surface area contributed by atoms with E-state index < -0.39 is 17.5 Å². The lowest BCUT2D eigenvalue weighted by atomic mass is 9.98. The number of nitrogens with zero attached hydrogens (tertiary/aromatic N) is 1. The van der Waals surface area contributed by atoms with Gasteiger partial charge in [0.2, 0.25) is 5.71 Å². The average Bonchev–Trinajstić information content (AvgIpc) is 2.96. The second kappa shape index (κ2) is 8.22. The lowest BCUT2D eigenvalue weighted by molar-refractivity contribution is -0.134. The molecule has 0 saturated heterocycles. The van der Waals surface area contributed by atoms with Gasteiger partial charge in [-0.05, 0) is 18.4 Å². The van der Waals surface area contributed by atoms with Crippen LogP contribution in [0.3, 0.4) is 0 Å². The van der Waals surface area contributed by atoms with Crippen molar-refractivity contribution in [2.45, 2.75) is 32.3 Å². The largest absolute Gasteiger partial charge is 0.464 e. The molecule has 0 amide bonds. The maximum Gasteiger partial charge on any atom is 0.363 e. The van der Waals surface area contributed by atoms with Crippen LogP contribution < -0.4 is 0 Å². The van der Waals surface area contributed by atoms with E-state index in [1.165, 1.54) is 7.11 Å². The summed E-state index contributed by atoms with van der Waals surface area (Å²) in [6, 6.07) is 9.24. The van der Waals surface area contributed by atoms with Gasteiger partial charge < -0.3 is 9.57 Å². The van der Waals surface area contributed by atoms with E-state index >= 15 is 0 Å². The SMILES string of the molecule is COC(=O)/C(=N\OCc1ccccc1)C(=O)CC1CCCC1=O. The summed E-state index contributed by atoms with van der Waals surface area (Å²) in [6.07, 6.45) is 1.92. The summed E-state index contributed by atoms with van der Waals surface area (Å²) in [5, 5.41) is 3.64. The van der Waals surface area contributed by atoms with Gasteiger partial charge in [0.15, 0.2) is 5.78 Å². The van der Waals surface area contributed by atoms with Gasteiger partial charge in [0, 0.05) is 18.8 Å². The zero-order valence-corrected chi connectivity index (χ0v) is 13.0. The molecule has 6 nitrogen and oxygen atoms in total. The number of hydrogen-bond donors (Lipinski definition) is 0. The van der Waals surface area contributed by atoms with Crippen LogP contribution in [0, 0.1) is 5.92 Å². The lowest BCUT2D eigenvalue weighted by Gasteiger charge is -2.08. The van der Waals surface area contributed by atoms with Crippen LogP contribution in [0.5, 0.6) is 0 Å². The van der Waals surface area contributed by atoms with Crippen LogP contribution in [0.25, 0.3) is 0 Å². The molecule has 1 aromatic rings. The quantitative estimate of drug-likeness (QED) is 0.333. The number of rotatable bonds is 7. The Hall–Kier alpha value is -2.50. The first-order valence-corrected chi connectivity index (χ1v) is 7.50. The van der Waals surface area contributed by atoms with E-state index in [0.717, 1.165) is 12.0 Å². The molecule has 1 saturated carbocycles. The zero-order valence-electron chi connectivity index (χ0n) is 13.0. The number of carbonyl (C=O) groups excluding carboxylic acids is 3. The highest BCUT2D eigenvalue weighted by Crippen LogP contribution is 2.24. The Morgan fingerprint density at radius 2 is 2.00 bits per heavy atom. The number of ketones is 2. The number of Topliss-reactive ketones (excluding diaryl/α,β-unsaturated/α-hetero) is 2. The maximum absolute atomic E-state index is 12.2. The fraction of sp³-hybridized carbons (Fsp3) is 0.412. The summed E-state index contributed by atoms with van der Waals surface area (Å²) >= 11 is 0. The van der Waals surface area contributed by atoms with Crippen molar-refractivity contribution in [1.82, 2.24) is 0 Å². The van der Waals surface area contributed by atoms with E-state index in [0.29, 0.717) is 12.8 Å². The van der Waals surface area contributed by atoms with Gasteiger partial charge in [0.25, 0.3) is 0 Å². The van der Waals surface area contributed by atoms with Crippen molar-refractivity contribution < 1.29 is 24.0 Å². The number of ether oxygens (including phenoxy) is 1. The third-order valence-corrected chi connectivity index (χ3v) is 3.74. The Kier molecular flexibility index (Phi) is 6.02. The Morgan fingerprint density at radius 3 is 2.61 bits per heavy atom. The van der Waals surface area contributed by atoms with Gasteiger partial charge in [-0.25, -0.2) is 4.79 Å². The molecule has 0 spiro atoms. The maximum atomic E-state index is 12.2. The molecule has 1 aromatic carbocycles. The fourth-order valence-electron chi connectivity index (χ4n) is 2.47. The van der Waals surface area contributed by atoms with Gasteiger partial charge in [-0.15, -0.1) is 0 Å². The minimum atomic E-state index is -0.853. The molecule has 1 aliphatic carbocycles. The van der Waals surface area contributed by atoms with Gasteiger partial charge in [-0.2, -0.15) is 0 Å². The molecule has 0 aromatic heterocycles. The van der Waals surface area contributed by atoms with E-state index in [2.05, 4.69) is 9.89 Å². The zero-order chi connectivity index (χ0) is 16.7. The molecule has 23 heavy (non-hydrogen) atoms. The van der Waals surface area contributed by atoms with E-state index in [1.54, 1.807) is 0 Å². The predicted octanol–water partition coefficient (Wildman–Crippen LogP) is 2.06. The number of hydrogen-bond acceptors (Lipinski definition) is 6. The summed E-state index contributed by atoms with van der Waals surface area (Å²) in [4.78, 5) is 40.7. The molecular formula is C17H19NO5. The van der Waals surface area contributed by atoms with E-state index in [4.69, 9.17) is 4.84 Å². The van der Waals surface area contributed by atoms with Gasteiger partial charge in [-0.3, -0.25) is 9.59 Å². The molecule has 1 fully saturated rings. The summed E-state index contributed by atoms with van der Waals surface area (Å²) in [5.74, 6) is -1.64. The third-order valence-electron chi connectivity index (χ3n) is 3.74. The first-order chi connectivity index (χ1) is 11.1. The molecule has 2 rings (SSSR count). The van der Waals surface area contributed by atoms with Crippen LogP contribution in [-0.2, 0) is 30.6 Å². The first-order valence-electron chi connectivity index (χ1n) is 7.50. The Balaban J connectivity index is 2.00. The van der Waals surface area contributed by atoms with Crippen LogP contribution >= 0.6 is 0 Å². The molecule has 1 atom stereocenters. The van der Waals surface area contributed by atoms with Crippen LogP contribution in [0.4, 0.5) is 0 Å². The standard InChI is InChI=1S/C17H19NO5/c1-22-17(21)16(15(20)10-13-8-5-9-14(13)19)18-23-11-12-6-3-2-4-7-12/h2-4,6-7,13H,5,8-11H2,1H3/b18-16-. The van der Waals surface area contributed by atoms with Gasteiger partial charge >= 0.3 is 5.97 Å². The number of esters is 1. The number of carbonyl (C=O) groups is 3. The minimum absolute atomic E-state index is 0.0263. The van der Waals surface area contributed by atoms with Gasteiger partial charge in [0.05, 0.1) is 7.11 Å². The highest BCUT2D eigenvalue weighted by molar-refractivity contribution is 6.64. The second-order valence-electron chi connectivity index (χ2n) is 5.37. The van der Waals surface area contributed by atoms with Gasteiger partial charge in [-0.1, -0.05) is 35.5 Å². The predicted molar refractivity (Wildman–Crippen MR) is 82.7 cm³/mol. The summed E-state index contributed by atoms with van der Waals surface area (Å²) < 4.78 is 4.57. The Labute approximate surface area is 134 Å². The number of oxime groups is 1. The monoisotopic (exact) mass is 317 g/mol. The Bertz CT molecular complexity index is 609. The fourth-order valence-corrected chi connectivity index (χ4v) is 2.47. The summed E-state index contributed by atoms with van der Waals surface area (Å²) in [5.41, 5.74) is 0.460. The van der Waals surface area contributed by atoms with Crippen molar-refractivity contribution in [1.29, 1.82) is 0 Å². The van der Waals surface area contributed by atoms with Crippen molar-refractivity contribution in [3.8, 4) is 0 Å². The molecule has 0 radical (unpaired) electrons. The highest BCUT2D eigenvalue weighted by Gasteiger charge is 2.31. The summed E-state index contributed by atoms with van der Waals surface area (Å²) in [7, 11) is 1.17. The number of methoxy groups -OCH3 is 1. The van der Waals surface area contributed by atoms with Crippen LogP contribution in [0.2, 0.25) is 0 Å². The van der Waals surface area contributed by atoms with Gasteiger partial charge in [0.1, 0.15) is 12.4 Å². The van der Waals surface area contributed by atoms with Crippen molar-refractivity contribution in [2.75, 3.05) is 7.11 Å². The first kappa shape index (κ1) is 16.9. The normalized spacial score (nSPS) is 17.9. The van der Waals surface area contributed by atoms with Crippen molar-refractivity contribution in [2.24, 2.45) is 11.1 Å². The van der Waals surface area contributed by atoms with Crippen LogP contribution in [-0.4, -0.2) is 30.4 Å². The lowest BCUT2D eigenvalue weighted by Crippen LogP contribution is -2.28. The molecule has 1 unspecified atom stereocenters. The second-order valence-corrected chi connectivity index (χ2v) is 5.37. The molecule has 6 heteroatoms. The smallest absolute Gasteiger partial charge is 0.363 e. The minimum Gasteiger partial charge on any atom is -0.464 e. The van der Waals surface area contributed by atoms with Crippen LogP contribution in [0.1, 0.15) is 31.2 Å². The summed E-state index contributed by atoms with van der Waals surface area (Å²) in [6.45, 7) is 0.136. The van der Waals surface area contributed by atoms with E-state index in [-0.39, 0.29) is 24.7 Å². The Morgan fingerprint density at radius 1 is 1.26 bits per heavy atom. The molecule has 1 aliphatic rings. The van der Waals surface area contributed by atoms with Crippen molar-refractivity contribution >= 4 is 23.2 Å². The third kappa shape index (κ3) is 4.74. The molecular weight excluding hydrogens is 298 g/mol. The van der Waals surface area contributed by atoms with Crippen LogP contribution in [0.15, 0.2) is 35.5 Å². The molecule has 122 valence electrons. The van der Waals surface area contributed by atoms with Crippen molar-refractivity contribution in [3.05, 3.63) is 35.9 Å². The number of benzene rings is 1. The molecule has 0 heterocycles. The molecule has 0 aliphatic heterocycles. The highest BCUT2D eigenvalue weighted by atomic mass is 16.6. The molecule has 0 bridgehead atoms. The topological polar surface area (TPSA) is 82.0 Å². The van der Waals surface area contributed by atoms with E-state index in [9.17, 15) is 14.4 Å². The van der Waals surface area contributed by atoms with Crippen molar-refractivity contribution in [3.63, 3.8) is 0 Å². The average molecular weight is 317 g/mol.